The lowest BCUT2D eigenvalue weighted by Crippen LogP contribution is -2.43. The molecule has 0 aromatic carbocycles. The molecule has 0 saturated carbocycles. The van der Waals surface area contributed by atoms with Crippen molar-refractivity contribution in [2.75, 3.05) is 38.6 Å². The van der Waals surface area contributed by atoms with Gasteiger partial charge in [-0.15, -0.1) is 0 Å². The first-order valence-electron chi connectivity index (χ1n) is 6.67. The highest BCUT2D eigenvalue weighted by atomic mass is 35.5. The summed E-state index contributed by atoms with van der Waals surface area (Å²) in [6.45, 7) is 7.40. The highest BCUT2D eigenvalue weighted by Gasteiger charge is 2.18. The second-order valence-electron chi connectivity index (χ2n) is 4.89. The Labute approximate surface area is 119 Å². The number of rotatable bonds is 4. The molecule has 1 aromatic heterocycles. The van der Waals surface area contributed by atoms with Crippen molar-refractivity contribution in [2.24, 2.45) is 0 Å². The first kappa shape index (κ1) is 14.5. The normalized spacial score (nSPS) is 20.5. The lowest BCUT2D eigenvalue weighted by atomic mass is 10.2. The fourth-order valence-electron chi connectivity index (χ4n) is 2.06. The summed E-state index contributed by atoms with van der Waals surface area (Å²) >= 11 is 6.11. The molecule has 1 aliphatic heterocycles. The van der Waals surface area contributed by atoms with Gasteiger partial charge < -0.3 is 15.0 Å². The number of likely N-dealkylation sites (N-methyl/N-ethyl adjacent to an activating group) is 1. The number of hydrogen-bond acceptors (Lipinski definition) is 5. The molecule has 1 aliphatic rings. The van der Waals surface area contributed by atoms with Crippen molar-refractivity contribution < 1.29 is 4.74 Å². The van der Waals surface area contributed by atoms with Gasteiger partial charge in [-0.2, -0.15) is 0 Å². The third kappa shape index (κ3) is 3.78. The van der Waals surface area contributed by atoms with Gasteiger partial charge in [-0.25, -0.2) is 9.97 Å². The van der Waals surface area contributed by atoms with Gasteiger partial charge in [0.2, 0.25) is 0 Å². The number of hydrogen-bond donors (Lipinski definition) is 1. The first-order chi connectivity index (χ1) is 9.10. The average Bonchev–Trinajstić information content (AvgIpc) is 2.40. The number of morpholine rings is 1. The van der Waals surface area contributed by atoms with E-state index in [4.69, 9.17) is 16.3 Å². The molecule has 1 aromatic rings. The van der Waals surface area contributed by atoms with Crippen LogP contribution in [-0.4, -0.2) is 54.3 Å². The van der Waals surface area contributed by atoms with Crippen LogP contribution in [0.25, 0.3) is 0 Å². The first-order valence-corrected chi connectivity index (χ1v) is 7.05. The standard InChI is InChI=1S/C13H21ClN4O/c1-4-11-16-12(14)9(2)13(17-11)15-7-10-8-18(3)5-6-19-10/h10H,4-8H2,1-3H3,(H,15,16,17). The Morgan fingerprint density at radius 1 is 1.47 bits per heavy atom. The number of aryl methyl sites for hydroxylation is 1. The molecule has 19 heavy (non-hydrogen) atoms. The van der Waals surface area contributed by atoms with E-state index in [-0.39, 0.29) is 6.10 Å². The van der Waals surface area contributed by atoms with Crippen LogP contribution in [0.4, 0.5) is 5.82 Å². The average molecular weight is 285 g/mol. The van der Waals surface area contributed by atoms with Crippen molar-refractivity contribution in [3.63, 3.8) is 0 Å². The molecule has 0 radical (unpaired) electrons. The van der Waals surface area contributed by atoms with Crippen molar-refractivity contribution in [1.82, 2.24) is 14.9 Å². The van der Waals surface area contributed by atoms with Gasteiger partial charge in [-0.3, -0.25) is 0 Å². The molecule has 5 nitrogen and oxygen atoms in total. The number of anilines is 1. The Kier molecular flexibility index (Phi) is 4.96. The van der Waals surface area contributed by atoms with Crippen LogP contribution in [0.2, 0.25) is 5.15 Å². The lowest BCUT2D eigenvalue weighted by molar-refractivity contribution is -0.0117. The van der Waals surface area contributed by atoms with Gasteiger partial charge in [0.15, 0.2) is 0 Å². The summed E-state index contributed by atoms with van der Waals surface area (Å²) in [6, 6.07) is 0. The van der Waals surface area contributed by atoms with E-state index in [1.807, 2.05) is 13.8 Å². The zero-order valence-corrected chi connectivity index (χ0v) is 12.5. The second-order valence-corrected chi connectivity index (χ2v) is 5.25. The van der Waals surface area contributed by atoms with Gasteiger partial charge in [-0.05, 0) is 14.0 Å². The molecular weight excluding hydrogens is 264 g/mol. The predicted molar refractivity (Wildman–Crippen MR) is 76.9 cm³/mol. The molecule has 1 atom stereocenters. The van der Waals surface area contributed by atoms with Crippen molar-refractivity contribution >= 4 is 17.4 Å². The summed E-state index contributed by atoms with van der Waals surface area (Å²) in [5, 5.41) is 3.86. The Morgan fingerprint density at radius 3 is 2.95 bits per heavy atom. The van der Waals surface area contributed by atoms with Gasteiger partial charge in [0.05, 0.1) is 12.7 Å². The van der Waals surface area contributed by atoms with Gasteiger partial charge >= 0.3 is 0 Å². The van der Waals surface area contributed by atoms with Crippen LogP contribution < -0.4 is 5.32 Å². The summed E-state index contributed by atoms with van der Waals surface area (Å²) in [7, 11) is 2.11. The summed E-state index contributed by atoms with van der Waals surface area (Å²) in [5.41, 5.74) is 0.892. The molecule has 0 amide bonds. The van der Waals surface area contributed by atoms with E-state index in [1.54, 1.807) is 0 Å². The van der Waals surface area contributed by atoms with E-state index in [9.17, 15) is 0 Å². The van der Waals surface area contributed by atoms with E-state index >= 15 is 0 Å². The van der Waals surface area contributed by atoms with E-state index in [0.717, 1.165) is 49.9 Å². The molecule has 2 heterocycles. The molecule has 0 aliphatic carbocycles. The lowest BCUT2D eigenvalue weighted by Gasteiger charge is -2.30. The van der Waals surface area contributed by atoms with E-state index in [1.165, 1.54) is 0 Å². The Bertz CT molecular complexity index is 441. The predicted octanol–water partition coefficient (Wildman–Crippen LogP) is 1.74. The van der Waals surface area contributed by atoms with Crippen molar-refractivity contribution in [3.05, 3.63) is 16.5 Å². The summed E-state index contributed by atoms with van der Waals surface area (Å²) in [5.74, 6) is 1.58. The smallest absolute Gasteiger partial charge is 0.137 e. The Morgan fingerprint density at radius 2 is 2.26 bits per heavy atom. The monoisotopic (exact) mass is 284 g/mol. The number of nitrogens with one attached hydrogen (secondary N) is 1. The maximum atomic E-state index is 6.11. The minimum absolute atomic E-state index is 0.192. The molecule has 0 bridgehead atoms. The molecule has 1 unspecified atom stereocenters. The van der Waals surface area contributed by atoms with E-state index < -0.39 is 0 Å². The van der Waals surface area contributed by atoms with Crippen LogP contribution in [-0.2, 0) is 11.2 Å². The molecule has 6 heteroatoms. The highest BCUT2D eigenvalue weighted by molar-refractivity contribution is 6.30. The summed E-state index contributed by atoms with van der Waals surface area (Å²) < 4.78 is 5.72. The molecular formula is C13H21ClN4O. The van der Waals surface area contributed by atoms with E-state index in [2.05, 4.69) is 27.2 Å². The van der Waals surface area contributed by atoms with Crippen molar-refractivity contribution in [1.29, 1.82) is 0 Å². The van der Waals surface area contributed by atoms with Crippen molar-refractivity contribution in [2.45, 2.75) is 26.4 Å². The molecule has 1 fully saturated rings. The molecule has 1 N–H and O–H groups in total. The van der Waals surface area contributed by atoms with E-state index in [0.29, 0.717) is 5.15 Å². The number of nitrogens with zero attached hydrogens (tertiary/aromatic N) is 3. The van der Waals surface area contributed by atoms with Gasteiger partial charge in [0, 0.05) is 31.6 Å². The zero-order valence-electron chi connectivity index (χ0n) is 11.7. The van der Waals surface area contributed by atoms with Crippen LogP contribution in [0.1, 0.15) is 18.3 Å². The van der Waals surface area contributed by atoms with Crippen LogP contribution in [0.15, 0.2) is 0 Å². The zero-order chi connectivity index (χ0) is 13.8. The third-order valence-electron chi connectivity index (χ3n) is 3.29. The number of aromatic nitrogens is 2. The van der Waals surface area contributed by atoms with Crippen LogP contribution in [0.3, 0.4) is 0 Å². The second kappa shape index (κ2) is 6.50. The van der Waals surface area contributed by atoms with Gasteiger partial charge in [0.25, 0.3) is 0 Å². The highest BCUT2D eigenvalue weighted by Crippen LogP contribution is 2.20. The minimum Gasteiger partial charge on any atom is -0.374 e. The molecule has 2 rings (SSSR count). The maximum absolute atomic E-state index is 6.11. The number of ether oxygens (including phenoxy) is 1. The maximum Gasteiger partial charge on any atom is 0.137 e. The van der Waals surface area contributed by atoms with Crippen molar-refractivity contribution in [3.8, 4) is 0 Å². The summed E-state index contributed by atoms with van der Waals surface area (Å²) in [4.78, 5) is 11.0. The minimum atomic E-state index is 0.192. The number of halogens is 1. The fourth-order valence-corrected chi connectivity index (χ4v) is 2.25. The van der Waals surface area contributed by atoms with Gasteiger partial charge in [0.1, 0.15) is 16.8 Å². The molecule has 1 saturated heterocycles. The fraction of sp³-hybridized carbons (Fsp3) is 0.692. The SMILES string of the molecule is CCc1nc(Cl)c(C)c(NCC2CN(C)CCO2)n1. The van der Waals surface area contributed by atoms with Crippen LogP contribution in [0.5, 0.6) is 0 Å². The Balaban J connectivity index is 2.00. The summed E-state index contributed by atoms with van der Waals surface area (Å²) in [6.07, 6.45) is 0.967. The molecule has 0 spiro atoms. The van der Waals surface area contributed by atoms with Gasteiger partial charge in [-0.1, -0.05) is 18.5 Å². The topological polar surface area (TPSA) is 50.3 Å². The third-order valence-corrected chi connectivity index (χ3v) is 3.66. The van der Waals surface area contributed by atoms with Crippen LogP contribution in [0, 0.1) is 6.92 Å². The molecule has 106 valence electrons. The van der Waals surface area contributed by atoms with Crippen LogP contribution >= 0.6 is 11.6 Å². The largest absolute Gasteiger partial charge is 0.374 e. The quantitative estimate of drug-likeness (QED) is 0.854. The Hall–Kier alpha value is -0.910.